The number of ether oxygens (including phenoxy) is 1. The summed E-state index contributed by atoms with van der Waals surface area (Å²) in [5.74, 6) is 0. The number of hydrogen-bond acceptors (Lipinski definition) is 2. The van der Waals surface area contributed by atoms with E-state index in [9.17, 15) is 0 Å². The van der Waals surface area contributed by atoms with Gasteiger partial charge in [0.25, 0.3) is 0 Å². The normalized spacial score (nSPS) is 17.7. The molecule has 0 aliphatic heterocycles. The smallest absolute Gasteiger partial charge is 0.0676 e. The second kappa shape index (κ2) is 4.07. The van der Waals surface area contributed by atoms with Crippen LogP contribution in [0.1, 0.15) is 24.5 Å². The third kappa shape index (κ3) is 1.90. The lowest BCUT2D eigenvalue weighted by Crippen LogP contribution is -1.94. The van der Waals surface area contributed by atoms with E-state index in [1.807, 2.05) is 6.07 Å². The summed E-state index contributed by atoms with van der Waals surface area (Å²) in [7, 11) is 1.74. The maximum Gasteiger partial charge on any atom is 0.0676 e. The van der Waals surface area contributed by atoms with Crippen molar-refractivity contribution in [1.29, 1.82) is 0 Å². The highest BCUT2D eigenvalue weighted by Gasteiger charge is 2.17. The number of methoxy groups -OCH3 is 1. The molecular weight excluding hydrogens is 186 g/mol. The predicted octanol–water partition coefficient (Wildman–Crippen LogP) is 2.63. The molecular formula is C13H17NO. The van der Waals surface area contributed by atoms with Crippen LogP contribution in [-0.4, -0.2) is 13.7 Å². The molecule has 0 fully saturated rings. The Morgan fingerprint density at radius 2 is 2.20 bits per heavy atom. The summed E-state index contributed by atoms with van der Waals surface area (Å²) in [5.41, 5.74) is 12.1. The third-order valence-corrected chi connectivity index (χ3v) is 2.97. The molecule has 2 N–H and O–H groups in total. The topological polar surface area (TPSA) is 35.2 Å². The van der Waals surface area contributed by atoms with Gasteiger partial charge in [0.2, 0.25) is 0 Å². The molecule has 0 amide bonds. The Morgan fingerprint density at radius 1 is 1.40 bits per heavy atom. The van der Waals surface area contributed by atoms with Gasteiger partial charge >= 0.3 is 0 Å². The number of nitrogen functional groups attached to an aromatic ring is 1. The van der Waals surface area contributed by atoms with Gasteiger partial charge in [0.15, 0.2) is 0 Å². The van der Waals surface area contributed by atoms with E-state index in [1.54, 1.807) is 7.11 Å². The molecule has 2 heteroatoms. The average Bonchev–Trinajstić information content (AvgIpc) is 2.60. The summed E-state index contributed by atoms with van der Waals surface area (Å²) in [4.78, 5) is 0. The van der Waals surface area contributed by atoms with Crippen LogP contribution in [0.3, 0.4) is 0 Å². The van der Waals surface area contributed by atoms with Crippen molar-refractivity contribution in [3.63, 3.8) is 0 Å². The van der Waals surface area contributed by atoms with Crippen molar-refractivity contribution < 1.29 is 4.74 Å². The summed E-state index contributed by atoms with van der Waals surface area (Å²) in [6, 6.07) is 6.19. The molecule has 0 heterocycles. The molecule has 0 radical (unpaired) electrons. The molecule has 0 aromatic heterocycles. The van der Waals surface area contributed by atoms with Crippen molar-refractivity contribution >= 4 is 11.3 Å². The number of aryl methyl sites for hydroxylation is 1. The number of anilines is 1. The fourth-order valence-corrected chi connectivity index (χ4v) is 2.26. The lowest BCUT2D eigenvalue weighted by molar-refractivity contribution is 0.226. The molecule has 0 atom stereocenters. The lowest BCUT2D eigenvalue weighted by atomic mass is 10.0. The molecule has 1 aromatic carbocycles. The Labute approximate surface area is 90.7 Å². The second-order valence-electron chi connectivity index (χ2n) is 4.11. The van der Waals surface area contributed by atoms with E-state index in [0.29, 0.717) is 0 Å². The molecule has 0 saturated heterocycles. The highest BCUT2D eigenvalue weighted by atomic mass is 16.5. The molecule has 0 spiro atoms. The zero-order chi connectivity index (χ0) is 10.8. The van der Waals surface area contributed by atoms with Gasteiger partial charge in [-0.15, -0.1) is 0 Å². The number of allylic oxidation sites excluding steroid dienone is 1. The Balaban J connectivity index is 2.40. The van der Waals surface area contributed by atoms with Gasteiger partial charge in [-0.25, -0.2) is 0 Å². The van der Waals surface area contributed by atoms with Gasteiger partial charge in [-0.05, 0) is 54.2 Å². The van der Waals surface area contributed by atoms with Crippen LogP contribution in [0.2, 0.25) is 0 Å². The van der Waals surface area contributed by atoms with E-state index in [4.69, 9.17) is 10.5 Å². The highest BCUT2D eigenvalue weighted by Crippen LogP contribution is 2.35. The minimum atomic E-state index is 0.721. The quantitative estimate of drug-likeness (QED) is 0.750. The van der Waals surface area contributed by atoms with E-state index in [0.717, 1.165) is 25.1 Å². The van der Waals surface area contributed by atoms with Crippen molar-refractivity contribution in [2.75, 3.05) is 19.5 Å². The van der Waals surface area contributed by atoms with Crippen LogP contribution < -0.4 is 5.73 Å². The van der Waals surface area contributed by atoms with E-state index < -0.39 is 0 Å². The Bertz CT molecular complexity index is 407. The lowest BCUT2D eigenvalue weighted by Gasteiger charge is -2.07. The van der Waals surface area contributed by atoms with Crippen molar-refractivity contribution in [2.45, 2.75) is 19.8 Å². The summed E-state index contributed by atoms with van der Waals surface area (Å²) in [6.07, 6.45) is 2.23. The maximum atomic E-state index is 5.77. The van der Waals surface area contributed by atoms with Gasteiger partial charge in [0, 0.05) is 12.8 Å². The van der Waals surface area contributed by atoms with Gasteiger partial charge in [-0.1, -0.05) is 6.07 Å². The second-order valence-corrected chi connectivity index (χ2v) is 4.11. The van der Waals surface area contributed by atoms with Crippen LogP contribution in [0.15, 0.2) is 23.8 Å². The summed E-state index contributed by atoms with van der Waals surface area (Å²) in [6.45, 7) is 2.86. The summed E-state index contributed by atoms with van der Waals surface area (Å²) < 4.78 is 5.17. The van der Waals surface area contributed by atoms with Crippen LogP contribution in [-0.2, 0) is 11.2 Å². The van der Waals surface area contributed by atoms with Crippen molar-refractivity contribution in [3.8, 4) is 0 Å². The molecule has 1 aromatic rings. The van der Waals surface area contributed by atoms with E-state index in [1.165, 1.54) is 22.3 Å². The molecule has 2 nitrogen and oxygen atoms in total. The largest absolute Gasteiger partial charge is 0.399 e. The van der Waals surface area contributed by atoms with E-state index in [-0.39, 0.29) is 0 Å². The molecule has 2 rings (SSSR count). The van der Waals surface area contributed by atoms with Crippen molar-refractivity contribution in [3.05, 3.63) is 34.9 Å². The van der Waals surface area contributed by atoms with Gasteiger partial charge in [-0.3, -0.25) is 0 Å². The SMILES string of the molecule is COC/C(C)=C1/CCc2cc(N)ccc21. The molecule has 80 valence electrons. The zero-order valence-electron chi connectivity index (χ0n) is 9.34. The fourth-order valence-electron chi connectivity index (χ4n) is 2.26. The van der Waals surface area contributed by atoms with Crippen molar-refractivity contribution in [2.24, 2.45) is 0 Å². The number of rotatable bonds is 2. The average molecular weight is 203 g/mol. The Kier molecular flexibility index (Phi) is 2.78. The van der Waals surface area contributed by atoms with Crippen LogP contribution in [0, 0.1) is 0 Å². The number of nitrogens with two attached hydrogens (primary N) is 1. The first-order valence-corrected chi connectivity index (χ1v) is 5.28. The first-order valence-electron chi connectivity index (χ1n) is 5.28. The highest BCUT2D eigenvalue weighted by molar-refractivity contribution is 5.76. The standard InChI is InChI=1S/C13H17NO/c1-9(8-15-2)12-5-3-10-7-11(14)4-6-13(10)12/h4,6-7H,3,5,8,14H2,1-2H3/b12-9-. The number of fused-ring (bicyclic) bond motifs is 1. The van der Waals surface area contributed by atoms with Gasteiger partial charge in [0.1, 0.15) is 0 Å². The molecule has 1 aliphatic carbocycles. The summed E-state index contributed by atoms with van der Waals surface area (Å²) in [5, 5.41) is 0. The molecule has 0 bridgehead atoms. The third-order valence-electron chi connectivity index (χ3n) is 2.97. The first-order chi connectivity index (χ1) is 7.22. The zero-order valence-corrected chi connectivity index (χ0v) is 9.34. The van der Waals surface area contributed by atoms with Crippen molar-refractivity contribution in [1.82, 2.24) is 0 Å². The maximum absolute atomic E-state index is 5.77. The monoisotopic (exact) mass is 203 g/mol. The number of hydrogen-bond donors (Lipinski definition) is 1. The summed E-state index contributed by atoms with van der Waals surface area (Å²) >= 11 is 0. The molecule has 1 aliphatic rings. The predicted molar refractivity (Wildman–Crippen MR) is 63.6 cm³/mol. The first kappa shape index (κ1) is 10.2. The van der Waals surface area contributed by atoms with Crippen LogP contribution in [0.5, 0.6) is 0 Å². The fraction of sp³-hybridized carbons (Fsp3) is 0.385. The van der Waals surface area contributed by atoms with Crippen LogP contribution >= 0.6 is 0 Å². The molecule has 0 unspecified atom stereocenters. The minimum Gasteiger partial charge on any atom is -0.399 e. The molecule has 0 saturated carbocycles. The minimum absolute atomic E-state index is 0.721. The Morgan fingerprint density at radius 3 is 2.93 bits per heavy atom. The van der Waals surface area contributed by atoms with Crippen LogP contribution in [0.4, 0.5) is 5.69 Å². The van der Waals surface area contributed by atoms with E-state index in [2.05, 4.69) is 19.1 Å². The molecule has 15 heavy (non-hydrogen) atoms. The Hall–Kier alpha value is -1.28. The van der Waals surface area contributed by atoms with E-state index >= 15 is 0 Å². The number of benzene rings is 1. The van der Waals surface area contributed by atoms with Crippen LogP contribution in [0.25, 0.3) is 5.57 Å². The van der Waals surface area contributed by atoms with Gasteiger partial charge < -0.3 is 10.5 Å². The van der Waals surface area contributed by atoms with Gasteiger partial charge in [-0.2, -0.15) is 0 Å². The van der Waals surface area contributed by atoms with Gasteiger partial charge in [0.05, 0.1) is 6.61 Å².